The normalized spacial score (nSPS) is 18.8. The van der Waals surface area contributed by atoms with Gasteiger partial charge in [-0.05, 0) is 37.1 Å². The third kappa shape index (κ3) is 3.18. The van der Waals surface area contributed by atoms with E-state index in [1.54, 1.807) is 0 Å². The molecule has 6 heteroatoms. The predicted octanol–water partition coefficient (Wildman–Crippen LogP) is 2.24. The Morgan fingerprint density at radius 2 is 1.96 bits per heavy atom. The van der Waals surface area contributed by atoms with E-state index in [0.29, 0.717) is 11.6 Å². The van der Waals surface area contributed by atoms with Gasteiger partial charge in [-0.3, -0.25) is 14.9 Å². The maximum Gasteiger partial charge on any atom is 0.249 e. The number of nitrogens with one attached hydrogen (secondary N) is 2. The third-order valence-corrected chi connectivity index (χ3v) is 4.67. The van der Waals surface area contributed by atoms with Crippen LogP contribution in [0.2, 0.25) is 0 Å². The van der Waals surface area contributed by atoms with Gasteiger partial charge in [-0.25, -0.2) is 4.99 Å². The summed E-state index contributed by atoms with van der Waals surface area (Å²) in [5, 5.41) is 5.66. The number of anilines is 2. The summed E-state index contributed by atoms with van der Waals surface area (Å²) in [4.78, 5) is 31.2. The Balaban J connectivity index is 1.55. The molecule has 0 aromatic heterocycles. The summed E-state index contributed by atoms with van der Waals surface area (Å²) >= 11 is 0. The van der Waals surface area contributed by atoms with Crippen LogP contribution in [-0.4, -0.2) is 30.4 Å². The average molecular weight is 348 g/mol. The number of hydrogen-bond acceptors (Lipinski definition) is 4. The summed E-state index contributed by atoms with van der Waals surface area (Å²) in [6, 6.07) is 14.9. The van der Waals surface area contributed by atoms with Crippen LogP contribution >= 0.6 is 0 Å². The van der Waals surface area contributed by atoms with E-state index in [9.17, 15) is 9.59 Å². The lowest BCUT2D eigenvalue weighted by Crippen LogP contribution is -2.50. The quantitative estimate of drug-likeness (QED) is 0.874. The number of benzene rings is 2. The number of para-hydroxylation sites is 1. The molecule has 6 nitrogen and oxygen atoms in total. The first-order chi connectivity index (χ1) is 12.6. The Kier molecular flexibility index (Phi) is 4.16. The fourth-order valence-electron chi connectivity index (χ4n) is 3.29. The van der Waals surface area contributed by atoms with Gasteiger partial charge < -0.3 is 10.2 Å². The van der Waals surface area contributed by atoms with Gasteiger partial charge in [-0.2, -0.15) is 0 Å². The molecule has 2 N–H and O–H groups in total. The summed E-state index contributed by atoms with van der Waals surface area (Å²) in [6.07, 6.45) is 0.946. The lowest BCUT2D eigenvalue weighted by molar-refractivity contribution is -0.124. The molecule has 1 atom stereocenters. The highest BCUT2D eigenvalue weighted by Gasteiger charge is 2.32. The number of guanidine groups is 1. The molecule has 0 fully saturated rings. The van der Waals surface area contributed by atoms with Crippen molar-refractivity contribution in [3.8, 4) is 0 Å². The van der Waals surface area contributed by atoms with Gasteiger partial charge in [-0.1, -0.05) is 35.9 Å². The van der Waals surface area contributed by atoms with Gasteiger partial charge in [0, 0.05) is 17.9 Å². The molecule has 2 aromatic rings. The first-order valence-corrected chi connectivity index (χ1v) is 8.71. The molecule has 0 spiro atoms. The molecule has 0 radical (unpaired) electrons. The molecule has 2 aromatic carbocycles. The topological polar surface area (TPSA) is 73.8 Å². The molecule has 2 amide bonds. The van der Waals surface area contributed by atoms with Crippen molar-refractivity contribution in [2.24, 2.45) is 4.99 Å². The molecule has 0 unspecified atom stereocenters. The maximum absolute atomic E-state index is 12.6. The minimum absolute atomic E-state index is 0.0523. The van der Waals surface area contributed by atoms with Crippen molar-refractivity contribution in [1.29, 1.82) is 0 Å². The van der Waals surface area contributed by atoms with Gasteiger partial charge in [0.15, 0.2) is 0 Å². The number of carbonyl (C=O) groups is 2. The summed E-state index contributed by atoms with van der Waals surface area (Å²) in [5.74, 6) is -0.00706. The summed E-state index contributed by atoms with van der Waals surface area (Å²) in [6.45, 7) is 2.73. The fraction of sp³-hybridized carbons (Fsp3) is 0.250. The zero-order valence-corrected chi connectivity index (χ0v) is 14.5. The van der Waals surface area contributed by atoms with E-state index in [2.05, 4.69) is 21.7 Å². The number of carbonyl (C=O) groups excluding carboxylic acids is 2. The van der Waals surface area contributed by atoms with Crippen LogP contribution in [-0.2, 0) is 16.0 Å². The second-order valence-corrected chi connectivity index (χ2v) is 6.61. The van der Waals surface area contributed by atoms with Crippen LogP contribution in [0.15, 0.2) is 53.5 Å². The first kappa shape index (κ1) is 16.3. The van der Waals surface area contributed by atoms with Crippen LogP contribution in [0, 0.1) is 6.92 Å². The zero-order valence-electron chi connectivity index (χ0n) is 14.5. The monoisotopic (exact) mass is 348 g/mol. The molecule has 0 saturated heterocycles. The van der Waals surface area contributed by atoms with E-state index in [1.165, 1.54) is 5.56 Å². The van der Waals surface area contributed by atoms with Crippen LogP contribution < -0.4 is 15.5 Å². The van der Waals surface area contributed by atoms with E-state index in [-0.39, 0.29) is 18.2 Å². The number of aryl methyl sites for hydroxylation is 1. The molecule has 2 aliphatic heterocycles. The Labute approximate surface area is 151 Å². The highest BCUT2D eigenvalue weighted by molar-refractivity contribution is 6.11. The second-order valence-electron chi connectivity index (χ2n) is 6.61. The fourth-order valence-corrected chi connectivity index (χ4v) is 3.29. The zero-order chi connectivity index (χ0) is 18.1. The van der Waals surface area contributed by atoms with Crippen molar-refractivity contribution in [2.45, 2.75) is 25.8 Å². The first-order valence-electron chi connectivity index (χ1n) is 8.71. The lowest BCUT2D eigenvalue weighted by atomic mass is 10.1. The second kappa shape index (κ2) is 6.63. The molecule has 2 heterocycles. The minimum atomic E-state index is -0.729. The van der Waals surface area contributed by atoms with Crippen molar-refractivity contribution in [3.05, 3.63) is 59.7 Å². The third-order valence-electron chi connectivity index (χ3n) is 4.67. The van der Waals surface area contributed by atoms with E-state index >= 15 is 0 Å². The largest absolute Gasteiger partial charge is 0.324 e. The number of fused-ring (bicyclic) bond motifs is 1. The number of aliphatic imine (C=N–C) groups is 1. The molecule has 0 saturated carbocycles. The molecule has 132 valence electrons. The van der Waals surface area contributed by atoms with Crippen molar-refractivity contribution in [1.82, 2.24) is 5.32 Å². The Hall–Kier alpha value is -3.15. The van der Waals surface area contributed by atoms with Crippen LogP contribution in [0.5, 0.6) is 0 Å². The summed E-state index contributed by atoms with van der Waals surface area (Å²) in [7, 11) is 0. The number of hydrogen-bond donors (Lipinski definition) is 2. The molecular formula is C20H20N4O2. The smallest absolute Gasteiger partial charge is 0.249 e. The van der Waals surface area contributed by atoms with E-state index in [1.807, 2.05) is 54.3 Å². The van der Waals surface area contributed by atoms with Gasteiger partial charge in [0.05, 0.1) is 6.42 Å². The summed E-state index contributed by atoms with van der Waals surface area (Å²) in [5.41, 5.74) is 4.07. The number of rotatable bonds is 2. The molecule has 0 aliphatic carbocycles. The average Bonchev–Trinajstić information content (AvgIpc) is 3.07. The van der Waals surface area contributed by atoms with E-state index in [0.717, 1.165) is 24.2 Å². The minimum Gasteiger partial charge on any atom is -0.324 e. The van der Waals surface area contributed by atoms with Gasteiger partial charge in [0.1, 0.15) is 6.04 Å². The van der Waals surface area contributed by atoms with E-state index < -0.39 is 6.04 Å². The van der Waals surface area contributed by atoms with Crippen LogP contribution in [0.25, 0.3) is 0 Å². The number of nitrogens with zero attached hydrogens (tertiary/aromatic N) is 2. The van der Waals surface area contributed by atoms with Gasteiger partial charge >= 0.3 is 0 Å². The van der Waals surface area contributed by atoms with Gasteiger partial charge in [0.25, 0.3) is 0 Å². The van der Waals surface area contributed by atoms with Crippen LogP contribution in [0.4, 0.5) is 11.4 Å². The van der Waals surface area contributed by atoms with Crippen molar-refractivity contribution in [3.63, 3.8) is 0 Å². The van der Waals surface area contributed by atoms with Crippen LogP contribution in [0.1, 0.15) is 17.5 Å². The van der Waals surface area contributed by atoms with Crippen molar-refractivity contribution < 1.29 is 9.59 Å². The van der Waals surface area contributed by atoms with Crippen molar-refractivity contribution >= 4 is 29.1 Å². The van der Waals surface area contributed by atoms with Crippen LogP contribution in [0.3, 0.4) is 0 Å². The standard InChI is InChI=1S/C20H20N4O2/c1-13-6-8-15(9-7-13)21-19(26)16-12-18(25)23-20(22-16)24-11-10-14-4-2-3-5-17(14)24/h2-9,16H,10-12H2,1H3,(H,21,26)(H,22,23,25)/t16-/m0/s1. The van der Waals surface area contributed by atoms with E-state index in [4.69, 9.17) is 0 Å². The van der Waals surface area contributed by atoms with Crippen molar-refractivity contribution in [2.75, 3.05) is 16.8 Å². The molecule has 4 rings (SSSR count). The molecular weight excluding hydrogens is 328 g/mol. The molecule has 0 bridgehead atoms. The summed E-state index contributed by atoms with van der Waals surface area (Å²) < 4.78 is 0. The SMILES string of the molecule is Cc1ccc(NC(=O)[C@@H]2CC(=O)NC(N3CCc4ccccc43)=N2)cc1. The predicted molar refractivity (Wildman–Crippen MR) is 101 cm³/mol. The lowest BCUT2D eigenvalue weighted by Gasteiger charge is -2.27. The van der Waals surface area contributed by atoms with Gasteiger partial charge in [0.2, 0.25) is 17.8 Å². The highest BCUT2D eigenvalue weighted by Crippen LogP contribution is 2.28. The Morgan fingerprint density at radius 3 is 2.77 bits per heavy atom. The number of amides is 2. The maximum atomic E-state index is 12.6. The van der Waals surface area contributed by atoms with Gasteiger partial charge in [-0.15, -0.1) is 0 Å². The Morgan fingerprint density at radius 1 is 1.19 bits per heavy atom. The molecule has 26 heavy (non-hydrogen) atoms. The molecule has 2 aliphatic rings. The Bertz CT molecular complexity index is 889. The highest BCUT2D eigenvalue weighted by atomic mass is 16.2.